The van der Waals surface area contributed by atoms with Crippen molar-refractivity contribution in [3.8, 4) is 0 Å². The van der Waals surface area contributed by atoms with E-state index in [4.69, 9.17) is 11.6 Å². The van der Waals surface area contributed by atoms with Crippen molar-refractivity contribution in [1.82, 2.24) is 4.90 Å². The van der Waals surface area contributed by atoms with E-state index in [1.165, 1.54) is 0 Å². The molecule has 0 spiro atoms. The summed E-state index contributed by atoms with van der Waals surface area (Å²) in [6.07, 6.45) is 2.48. The third kappa shape index (κ3) is 5.07. The first-order valence-corrected chi connectivity index (χ1v) is 7.99. The van der Waals surface area contributed by atoms with E-state index in [1.54, 1.807) is 0 Å². The van der Waals surface area contributed by atoms with Gasteiger partial charge >= 0.3 is 0 Å². The zero-order valence-electron chi connectivity index (χ0n) is 11.9. The Bertz CT molecular complexity index is 396. The second-order valence-electron chi connectivity index (χ2n) is 4.92. The Hall–Kier alpha value is -0.0900. The van der Waals surface area contributed by atoms with Crippen LogP contribution in [0.25, 0.3) is 0 Å². The first kappa shape index (κ1) is 17.0. The van der Waals surface area contributed by atoms with Crippen LogP contribution >= 0.6 is 27.5 Å². The molecule has 0 radical (unpaired) electrons. The SMILES string of the molecule is CCC(CC)N(C)CCC(O)c1ccc(Br)cc1Cl. The highest BCUT2D eigenvalue weighted by atomic mass is 79.9. The first-order chi connectivity index (χ1) is 8.99. The quantitative estimate of drug-likeness (QED) is 0.775. The van der Waals surface area contributed by atoms with Crippen LogP contribution in [-0.2, 0) is 0 Å². The van der Waals surface area contributed by atoms with Gasteiger partial charge in [-0.2, -0.15) is 0 Å². The Balaban J connectivity index is 2.57. The fourth-order valence-corrected chi connectivity index (χ4v) is 3.15. The van der Waals surface area contributed by atoms with E-state index in [2.05, 4.69) is 41.7 Å². The van der Waals surface area contributed by atoms with Gasteiger partial charge in [-0.15, -0.1) is 0 Å². The molecule has 1 N–H and O–H groups in total. The van der Waals surface area contributed by atoms with Gasteiger partial charge in [0.15, 0.2) is 0 Å². The molecule has 108 valence electrons. The Morgan fingerprint density at radius 3 is 2.47 bits per heavy atom. The smallest absolute Gasteiger partial charge is 0.0816 e. The lowest BCUT2D eigenvalue weighted by molar-refractivity contribution is 0.134. The van der Waals surface area contributed by atoms with Gasteiger partial charge in [0.2, 0.25) is 0 Å². The summed E-state index contributed by atoms with van der Waals surface area (Å²) in [5.41, 5.74) is 0.808. The van der Waals surface area contributed by atoms with E-state index in [0.29, 0.717) is 17.5 Å². The van der Waals surface area contributed by atoms with E-state index >= 15 is 0 Å². The summed E-state index contributed by atoms with van der Waals surface area (Å²) in [7, 11) is 2.12. The van der Waals surface area contributed by atoms with Crippen molar-refractivity contribution in [3.63, 3.8) is 0 Å². The number of hydrogen-bond acceptors (Lipinski definition) is 2. The molecule has 2 nitrogen and oxygen atoms in total. The molecular weight excluding hydrogens is 326 g/mol. The lowest BCUT2D eigenvalue weighted by Crippen LogP contribution is -2.32. The van der Waals surface area contributed by atoms with E-state index in [9.17, 15) is 5.11 Å². The zero-order valence-corrected chi connectivity index (χ0v) is 14.2. The topological polar surface area (TPSA) is 23.5 Å². The third-order valence-electron chi connectivity index (χ3n) is 3.64. The average Bonchev–Trinajstić information content (AvgIpc) is 2.37. The molecule has 0 bridgehead atoms. The molecule has 0 saturated carbocycles. The Morgan fingerprint density at radius 1 is 1.32 bits per heavy atom. The monoisotopic (exact) mass is 347 g/mol. The van der Waals surface area contributed by atoms with Gasteiger partial charge in [-0.1, -0.05) is 47.4 Å². The van der Waals surface area contributed by atoms with Crippen molar-refractivity contribution >= 4 is 27.5 Å². The number of halogens is 2. The highest BCUT2D eigenvalue weighted by molar-refractivity contribution is 9.10. The van der Waals surface area contributed by atoms with Crippen molar-refractivity contribution < 1.29 is 5.11 Å². The molecule has 4 heteroatoms. The molecule has 0 saturated heterocycles. The average molecular weight is 349 g/mol. The summed E-state index contributed by atoms with van der Waals surface area (Å²) in [6.45, 7) is 5.28. The standard InChI is InChI=1S/C15H23BrClNO/c1-4-12(5-2)18(3)9-8-15(19)13-7-6-11(16)10-14(13)17/h6-7,10,12,15,19H,4-5,8-9H2,1-3H3. The zero-order chi connectivity index (χ0) is 14.4. The van der Waals surface area contributed by atoms with Crippen molar-refractivity contribution in [1.29, 1.82) is 0 Å². The van der Waals surface area contributed by atoms with E-state index in [0.717, 1.165) is 29.4 Å². The maximum atomic E-state index is 10.2. The van der Waals surface area contributed by atoms with E-state index in [1.807, 2.05) is 18.2 Å². The Labute approximate surface area is 129 Å². The van der Waals surface area contributed by atoms with Crippen LogP contribution in [0.15, 0.2) is 22.7 Å². The number of hydrogen-bond donors (Lipinski definition) is 1. The van der Waals surface area contributed by atoms with Crippen LogP contribution in [0.2, 0.25) is 5.02 Å². The van der Waals surface area contributed by atoms with E-state index < -0.39 is 6.10 Å². The van der Waals surface area contributed by atoms with Crippen LogP contribution in [0.5, 0.6) is 0 Å². The first-order valence-electron chi connectivity index (χ1n) is 6.82. The van der Waals surface area contributed by atoms with Gasteiger partial charge in [0, 0.05) is 22.1 Å². The van der Waals surface area contributed by atoms with Crippen LogP contribution in [-0.4, -0.2) is 29.6 Å². The van der Waals surface area contributed by atoms with Crippen molar-refractivity contribution in [2.45, 2.75) is 45.3 Å². The van der Waals surface area contributed by atoms with E-state index in [-0.39, 0.29) is 0 Å². The molecule has 1 aromatic carbocycles. The number of aliphatic hydroxyl groups excluding tert-OH is 1. The summed E-state index contributed by atoms with van der Waals surface area (Å²) >= 11 is 9.52. The minimum absolute atomic E-state index is 0.502. The molecule has 1 unspecified atom stereocenters. The number of nitrogens with zero attached hydrogens (tertiary/aromatic N) is 1. The lowest BCUT2D eigenvalue weighted by Gasteiger charge is -2.27. The molecule has 0 aliphatic heterocycles. The highest BCUT2D eigenvalue weighted by Gasteiger charge is 2.15. The van der Waals surface area contributed by atoms with Gasteiger partial charge in [0.25, 0.3) is 0 Å². The van der Waals surface area contributed by atoms with Crippen LogP contribution in [0, 0.1) is 0 Å². The molecule has 0 aliphatic rings. The molecule has 0 aromatic heterocycles. The molecule has 0 fully saturated rings. The molecule has 19 heavy (non-hydrogen) atoms. The minimum Gasteiger partial charge on any atom is -0.388 e. The normalized spacial score (nSPS) is 13.3. The largest absolute Gasteiger partial charge is 0.388 e. The maximum Gasteiger partial charge on any atom is 0.0816 e. The maximum absolute atomic E-state index is 10.2. The Kier molecular flexibility index (Phi) is 7.37. The minimum atomic E-state index is -0.502. The van der Waals surface area contributed by atoms with Gasteiger partial charge in [-0.3, -0.25) is 0 Å². The number of rotatable bonds is 7. The van der Waals surface area contributed by atoms with Gasteiger partial charge in [0.05, 0.1) is 6.10 Å². The van der Waals surface area contributed by atoms with Crippen LogP contribution in [0.3, 0.4) is 0 Å². The third-order valence-corrected chi connectivity index (χ3v) is 4.46. The molecule has 0 heterocycles. The van der Waals surface area contributed by atoms with Crippen LogP contribution in [0.4, 0.5) is 0 Å². The fourth-order valence-electron chi connectivity index (χ4n) is 2.35. The summed E-state index contributed by atoms with van der Waals surface area (Å²) in [5, 5.41) is 10.9. The summed E-state index contributed by atoms with van der Waals surface area (Å²) in [4.78, 5) is 2.32. The molecular formula is C15H23BrClNO. The predicted molar refractivity (Wildman–Crippen MR) is 85.7 cm³/mol. The van der Waals surface area contributed by atoms with Gasteiger partial charge in [0.1, 0.15) is 0 Å². The highest BCUT2D eigenvalue weighted by Crippen LogP contribution is 2.28. The molecule has 1 rings (SSSR count). The number of benzene rings is 1. The molecule has 0 amide bonds. The van der Waals surface area contributed by atoms with Crippen molar-refractivity contribution in [2.75, 3.05) is 13.6 Å². The summed E-state index contributed by atoms with van der Waals surface area (Å²) in [5.74, 6) is 0. The van der Waals surface area contributed by atoms with Crippen LogP contribution < -0.4 is 0 Å². The molecule has 0 aliphatic carbocycles. The second-order valence-corrected chi connectivity index (χ2v) is 6.24. The molecule has 1 aromatic rings. The second kappa shape index (κ2) is 8.25. The van der Waals surface area contributed by atoms with Gasteiger partial charge in [-0.05, 0) is 44.0 Å². The summed E-state index contributed by atoms with van der Waals surface area (Å²) in [6, 6.07) is 6.21. The Morgan fingerprint density at radius 2 is 1.95 bits per heavy atom. The van der Waals surface area contributed by atoms with Crippen LogP contribution in [0.1, 0.15) is 44.8 Å². The summed E-state index contributed by atoms with van der Waals surface area (Å²) < 4.78 is 0.933. The van der Waals surface area contributed by atoms with Gasteiger partial charge < -0.3 is 10.0 Å². The predicted octanol–water partition coefficient (Wildman–Crippen LogP) is 4.65. The number of aliphatic hydroxyl groups is 1. The lowest BCUT2D eigenvalue weighted by atomic mass is 10.1. The van der Waals surface area contributed by atoms with Crippen molar-refractivity contribution in [2.24, 2.45) is 0 Å². The van der Waals surface area contributed by atoms with Gasteiger partial charge in [-0.25, -0.2) is 0 Å². The molecule has 1 atom stereocenters. The fraction of sp³-hybridized carbons (Fsp3) is 0.600. The van der Waals surface area contributed by atoms with Crippen molar-refractivity contribution in [3.05, 3.63) is 33.3 Å².